The Balaban J connectivity index is 1.35. The number of rotatable bonds is 6. The minimum Gasteiger partial charge on any atom is -0.493 e. The molecule has 0 fully saturated rings. The highest BCUT2D eigenvalue weighted by atomic mass is 16.6. The van der Waals surface area contributed by atoms with Crippen LogP contribution in [0.5, 0.6) is 11.5 Å². The SMILES string of the molecule is COc1cc2c(cc1OC(=O)Cc1cccc3ccccc13)-n1c(=O)[nH]c(=O)n1C(C)C2n1[nH]c(=O)n(-c2ccccc2)c1=O. The Morgan fingerprint density at radius 2 is 1.58 bits per heavy atom. The molecule has 13 heteroatoms. The Hall–Kier alpha value is -6.11. The molecule has 2 N–H and O–H groups in total. The van der Waals surface area contributed by atoms with Crippen molar-refractivity contribution in [3.63, 3.8) is 0 Å². The number of esters is 1. The highest BCUT2D eigenvalue weighted by molar-refractivity contribution is 5.89. The number of hydrogen-bond donors (Lipinski definition) is 2. The molecule has 3 heterocycles. The molecule has 226 valence electrons. The summed E-state index contributed by atoms with van der Waals surface area (Å²) < 4.78 is 15.8. The van der Waals surface area contributed by atoms with Crippen LogP contribution in [-0.2, 0) is 11.2 Å². The van der Waals surface area contributed by atoms with E-state index in [1.165, 1.54) is 19.2 Å². The van der Waals surface area contributed by atoms with Gasteiger partial charge < -0.3 is 9.47 Å². The zero-order valence-electron chi connectivity index (χ0n) is 24.1. The first-order chi connectivity index (χ1) is 21.8. The quantitative estimate of drug-likeness (QED) is 0.218. The largest absolute Gasteiger partial charge is 0.493 e. The lowest BCUT2D eigenvalue weighted by molar-refractivity contribution is -0.133. The fourth-order valence-corrected chi connectivity index (χ4v) is 6.11. The summed E-state index contributed by atoms with van der Waals surface area (Å²) in [6, 6.07) is 22.9. The van der Waals surface area contributed by atoms with Crippen molar-refractivity contribution in [1.29, 1.82) is 0 Å². The second-order valence-corrected chi connectivity index (χ2v) is 10.7. The average Bonchev–Trinajstić information content (AvgIpc) is 3.50. The fourth-order valence-electron chi connectivity index (χ4n) is 6.11. The summed E-state index contributed by atoms with van der Waals surface area (Å²) in [6.45, 7) is 1.65. The summed E-state index contributed by atoms with van der Waals surface area (Å²) in [5.74, 6) is -0.427. The van der Waals surface area contributed by atoms with Crippen molar-refractivity contribution in [2.45, 2.75) is 25.4 Å². The molecule has 0 saturated carbocycles. The highest BCUT2D eigenvalue weighted by Gasteiger charge is 2.38. The van der Waals surface area contributed by atoms with E-state index in [0.29, 0.717) is 11.3 Å². The molecule has 0 bridgehead atoms. The fraction of sp³-hybridized carbons (Fsp3) is 0.156. The molecule has 7 rings (SSSR count). The molecule has 1 aliphatic heterocycles. The number of carbonyl (C=O) groups excluding carboxylic acids is 1. The van der Waals surface area contributed by atoms with Crippen LogP contribution in [0.25, 0.3) is 22.1 Å². The second-order valence-electron chi connectivity index (χ2n) is 10.7. The molecule has 0 amide bonds. The number of nitrogens with one attached hydrogen (secondary N) is 2. The second kappa shape index (κ2) is 10.6. The number of aromatic nitrogens is 6. The Morgan fingerprint density at radius 3 is 2.36 bits per heavy atom. The van der Waals surface area contributed by atoms with Gasteiger partial charge >= 0.3 is 28.7 Å². The van der Waals surface area contributed by atoms with Gasteiger partial charge in [-0.2, -0.15) is 4.68 Å². The number of methoxy groups -OCH3 is 1. The molecular weight excluding hydrogens is 580 g/mol. The van der Waals surface area contributed by atoms with Crippen LogP contribution >= 0.6 is 0 Å². The van der Waals surface area contributed by atoms with Gasteiger partial charge in [0.1, 0.15) is 6.04 Å². The van der Waals surface area contributed by atoms with Crippen molar-refractivity contribution in [2.75, 3.05) is 7.11 Å². The van der Waals surface area contributed by atoms with Gasteiger partial charge in [0.25, 0.3) is 0 Å². The van der Waals surface area contributed by atoms with Crippen molar-refractivity contribution in [2.24, 2.45) is 0 Å². The number of hydrogen-bond acceptors (Lipinski definition) is 7. The van der Waals surface area contributed by atoms with E-state index in [4.69, 9.17) is 9.47 Å². The third-order valence-corrected chi connectivity index (χ3v) is 8.08. The van der Waals surface area contributed by atoms with E-state index in [0.717, 1.165) is 34.9 Å². The maximum Gasteiger partial charge on any atom is 0.352 e. The molecule has 45 heavy (non-hydrogen) atoms. The van der Waals surface area contributed by atoms with Crippen LogP contribution in [0.3, 0.4) is 0 Å². The van der Waals surface area contributed by atoms with E-state index in [2.05, 4.69) is 10.1 Å². The predicted octanol–water partition coefficient (Wildman–Crippen LogP) is 2.44. The smallest absolute Gasteiger partial charge is 0.352 e. The monoisotopic (exact) mass is 606 g/mol. The van der Waals surface area contributed by atoms with Gasteiger partial charge in [0.15, 0.2) is 11.5 Å². The first-order valence-corrected chi connectivity index (χ1v) is 14.1. The van der Waals surface area contributed by atoms with E-state index in [1.54, 1.807) is 37.3 Å². The summed E-state index contributed by atoms with van der Waals surface area (Å²) in [6.07, 6.45) is -0.0420. The van der Waals surface area contributed by atoms with Crippen LogP contribution in [0.2, 0.25) is 0 Å². The molecule has 2 unspecified atom stereocenters. The summed E-state index contributed by atoms with van der Waals surface area (Å²) in [4.78, 5) is 68.2. The Bertz CT molecular complexity index is 2350. The van der Waals surface area contributed by atoms with Gasteiger partial charge in [-0.3, -0.25) is 9.78 Å². The third-order valence-electron chi connectivity index (χ3n) is 8.08. The molecule has 0 radical (unpaired) electrons. The molecule has 2 atom stereocenters. The normalized spacial score (nSPS) is 15.4. The Morgan fingerprint density at radius 1 is 0.844 bits per heavy atom. The number of para-hydroxylation sites is 1. The van der Waals surface area contributed by atoms with E-state index >= 15 is 0 Å². The molecule has 1 aliphatic rings. The van der Waals surface area contributed by atoms with Crippen molar-refractivity contribution in [3.8, 4) is 22.9 Å². The van der Waals surface area contributed by atoms with Crippen LogP contribution in [0, 0.1) is 0 Å². The average molecular weight is 607 g/mol. The van der Waals surface area contributed by atoms with Crippen LogP contribution in [0.1, 0.15) is 30.1 Å². The first kappa shape index (κ1) is 27.7. The molecular formula is C32H26N6O7. The lowest BCUT2D eigenvalue weighted by atomic mass is 9.96. The van der Waals surface area contributed by atoms with Gasteiger partial charge in [0, 0.05) is 11.6 Å². The van der Waals surface area contributed by atoms with E-state index in [-0.39, 0.29) is 23.6 Å². The highest BCUT2D eigenvalue weighted by Crippen LogP contribution is 2.42. The zero-order chi connectivity index (χ0) is 31.4. The van der Waals surface area contributed by atoms with E-state index in [9.17, 15) is 24.0 Å². The molecule has 0 aliphatic carbocycles. The van der Waals surface area contributed by atoms with E-state index < -0.39 is 40.8 Å². The van der Waals surface area contributed by atoms with Gasteiger partial charge in [-0.25, -0.2) is 38.2 Å². The van der Waals surface area contributed by atoms with Crippen molar-refractivity contribution < 1.29 is 14.3 Å². The van der Waals surface area contributed by atoms with Crippen LogP contribution in [0.4, 0.5) is 0 Å². The lowest BCUT2D eigenvalue weighted by Gasteiger charge is -2.33. The summed E-state index contributed by atoms with van der Waals surface area (Å²) >= 11 is 0. The molecule has 6 aromatic rings. The van der Waals surface area contributed by atoms with Gasteiger partial charge in [-0.1, -0.05) is 60.7 Å². The van der Waals surface area contributed by atoms with Crippen LogP contribution in [0.15, 0.2) is 104 Å². The van der Waals surface area contributed by atoms with Crippen molar-refractivity contribution in [3.05, 3.63) is 138 Å². The molecule has 2 aromatic heterocycles. The van der Waals surface area contributed by atoms with Gasteiger partial charge in [0.2, 0.25) is 0 Å². The standard InChI is InChI=1S/C32H26N6O7/c1-18-28(36-32(43)35(31(42)34-36)21-12-4-3-5-13-21)23-16-25(44-2)26(17-24(23)38-30(41)33-29(40)37(18)38)45-27(39)15-20-11-8-10-19-9-6-7-14-22(19)20/h3-14,16-18,28H,15H2,1-2H3,(H,34,42)(H,33,40,41). The van der Waals surface area contributed by atoms with Crippen LogP contribution < -0.4 is 32.2 Å². The first-order valence-electron chi connectivity index (χ1n) is 14.1. The maximum absolute atomic E-state index is 13.7. The third kappa shape index (κ3) is 4.44. The predicted molar refractivity (Wildman–Crippen MR) is 164 cm³/mol. The van der Waals surface area contributed by atoms with Gasteiger partial charge in [-0.05, 0) is 41.5 Å². The number of fused-ring (bicyclic) bond motifs is 4. The number of carbonyl (C=O) groups is 1. The topological polar surface area (TPSA) is 155 Å². The zero-order valence-corrected chi connectivity index (χ0v) is 24.1. The minimum absolute atomic E-state index is 0.00425. The summed E-state index contributed by atoms with van der Waals surface area (Å²) in [5, 5.41) is 4.50. The number of ether oxygens (including phenoxy) is 2. The molecule has 13 nitrogen and oxygen atoms in total. The molecule has 0 saturated heterocycles. The molecule has 0 spiro atoms. The number of benzene rings is 4. The Kier molecular flexibility index (Phi) is 6.50. The number of H-pyrrole nitrogens is 2. The summed E-state index contributed by atoms with van der Waals surface area (Å²) in [7, 11) is 1.39. The van der Waals surface area contributed by atoms with Gasteiger partial charge in [-0.15, -0.1) is 0 Å². The lowest BCUT2D eigenvalue weighted by Crippen LogP contribution is -2.42. The Labute approximate surface area is 253 Å². The molecule has 4 aromatic carbocycles. The minimum atomic E-state index is -0.965. The van der Waals surface area contributed by atoms with Crippen molar-refractivity contribution in [1.82, 2.24) is 28.7 Å². The van der Waals surface area contributed by atoms with Gasteiger partial charge in [0.05, 0.1) is 30.9 Å². The van der Waals surface area contributed by atoms with Crippen LogP contribution in [-0.4, -0.2) is 41.8 Å². The maximum atomic E-state index is 13.7. The van der Waals surface area contributed by atoms with Crippen molar-refractivity contribution >= 4 is 16.7 Å². The van der Waals surface area contributed by atoms with E-state index in [1.807, 2.05) is 42.5 Å². The number of aromatic amines is 2. The summed E-state index contributed by atoms with van der Waals surface area (Å²) in [5.41, 5.74) is -1.15. The number of nitrogens with zero attached hydrogens (tertiary/aromatic N) is 4.